The van der Waals surface area contributed by atoms with Gasteiger partial charge in [-0.3, -0.25) is 9.59 Å². The number of ketones is 1. The third-order valence-corrected chi connectivity index (χ3v) is 6.68. The van der Waals surface area contributed by atoms with E-state index in [1.165, 1.54) is 4.57 Å². The molecule has 2 N–H and O–H groups in total. The molecule has 0 saturated carbocycles. The summed E-state index contributed by atoms with van der Waals surface area (Å²) in [6.07, 6.45) is 4.62. The van der Waals surface area contributed by atoms with Gasteiger partial charge >= 0.3 is 0 Å². The van der Waals surface area contributed by atoms with E-state index in [1.807, 2.05) is 51.1 Å². The molecular formula is C30H36ClN5O3. The van der Waals surface area contributed by atoms with Crippen LogP contribution in [0.3, 0.4) is 0 Å². The Hall–Kier alpha value is -3.62. The maximum Gasteiger partial charge on any atom is 0.277 e. The summed E-state index contributed by atoms with van der Waals surface area (Å²) in [5.41, 5.74) is 8.43. The number of anilines is 1. The molecular weight excluding hydrogens is 514 g/mol. The molecule has 39 heavy (non-hydrogen) atoms. The average Bonchev–Trinajstić information content (AvgIpc) is 3.25. The van der Waals surface area contributed by atoms with E-state index in [9.17, 15) is 9.59 Å². The monoisotopic (exact) mass is 549 g/mol. The summed E-state index contributed by atoms with van der Waals surface area (Å²) in [5.74, 6) is 1.13. The molecule has 0 aliphatic carbocycles. The Balaban J connectivity index is 1.78. The number of Topliss-reactive ketones (excluding diaryl/α,β-unsaturated/α-hetero) is 1. The fourth-order valence-electron chi connectivity index (χ4n) is 4.67. The molecule has 4 rings (SSSR count). The van der Waals surface area contributed by atoms with Crippen LogP contribution in [0.1, 0.15) is 55.6 Å². The third-order valence-electron chi connectivity index (χ3n) is 6.31. The van der Waals surface area contributed by atoms with Gasteiger partial charge in [0.1, 0.15) is 11.3 Å². The Labute approximate surface area is 234 Å². The first-order chi connectivity index (χ1) is 18.7. The summed E-state index contributed by atoms with van der Waals surface area (Å²) in [5, 5.41) is 5.44. The lowest BCUT2D eigenvalue weighted by atomic mass is 10.0. The second-order valence-corrected chi connectivity index (χ2v) is 10.5. The molecule has 0 saturated heterocycles. The van der Waals surface area contributed by atoms with Gasteiger partial charge in [0.2, 0.25) is 0 Å². The average molecular weight is 550 g/mol. The quantitative estimate of drug-likeness (QED) is 0.251. The van der Waals surface area contributed by atoms with Crippen molar-refractivity contribution in [3.63, 3.8) is 0 Å². The highest BCUT2D eigenvalue weighted by atomic mass is 35.5. The van der Waals surface area contributed by atoms with E-state index in [0.29, 0.717) is 40.6 Å². The van der Waals surface area contributed by atoms with E-state index in [1.54, 1.807) is 35.1 Å². The van der Waals surface area contributed by atoms with E-state index in [2.05, 4.69) is 11.8 Å². The van der Waals surface area contributed by atoms with E-state index < -0.39 is 0 Å². The molecule has 4 aromatic rings. The molecule has 0 spiro atoms. The highest BCUT2D eigenvalue weighted by Crippen LogP contribution is 2.28. The summed E-state index contributed by atoms with van der Waals surface area (Å²) < 4.78 is 8.77. The van der Waals surface area contributed by atoms with Crippen molar-refractivity contribution < 1.29 is 9.53 Å². The molecule has 1 atom stereocenters. The molecule has 206 valence electrons. The molecule has 2 heterocycles. The summed E-state index contributed by atoms with van der Waals surface area (Å²) >= 11 is 6.52. The molecule has 0 aliphatic heterocycles. The number of carbonyl (C=O) groups excluding carboxylic acids is 1. The zero-order chi connectivity index (χ0) is 28.1. The van der Waals surface area contributed by atoms with Crippen LogP contribution in [0, 0.1) is 0 Å². The number of hydrogen-bond acceptors (Lipinski definition) is 6. The smallest absolute Gasteiger partial charge is 0.277 e. The number of halogens is 1. The lowest BCUT2D eigenvalue weighted by molar-refractivity contribution is 0.0970. The molecule has 0 radical (unpaired) electrons. The minimum atomic E-state index is -0.293. The number of ether oxygens (including phenoxy) is 1. The highest BCUT2D eigenvalue weighted by molar-refractivity contribution is 6.31. The van der Waals surface area contributed by atoms with Gasteiger partial charge in [0.15, 0.2) is 11.6 Å². The second kappa shape index (κ2) is 12.5. The topological polar surface area (TPSA) is 94.9 Å². The van der Waals surface area contributed by atoms with Gasteiger partial charge in [0.05, 0.1) is 12.6 Å². The van der Waals surface area contributed by atoms with E-state index in [0.717, 1.165) is 24.1 Å². The number of nitrogens with two attached hydrogens (primary N) is 1. The first-order valence-electron chi connectivity index (χ1n) is 13.3. The van der Waals surface area contributed by atoms with Crippen LogP contribution < -0.4 is 20.9 Å². The van der Waals surface area contributed by atoms with Gasteiger partial charge in [0.25, 0.3) is 5.56 Å². The number of benzene rings is 2. The molecule has 0 unspecified atom stereocenters. The van der Waals surface area contributed by atoms with E-state index >= 15 is 0 Å². The number of hydrogen-bond donors (Lipinski definition) is 1. The van der Waals surface area contributed by atoms with Crippen molar-refractivity contribution in [3.8, 4) is 5.75 Å². The predicted octanol–water partition coefficient (Wildman–Crippen LogP) is 4.97. The fourth-order valence-corrected chi connectivity index (χ4v) is 4.88. The third kappa shape index (κ3) is 6.69. The van der Waals surface area contributed by atoms with Crippen molar-refractivity contribution in [1.29, 1.82) is 0 Å². The van der Waals surface area contributed by atoms with Crippen molar-refractivity contribution in [3.05, 3.63) is 93.0 Å². The maximum atomic E-state index is 13.9. The van der Waals surface area contributed by atoms with Gasteiger partial charge in [-0.05, 0) is 51.0 Å². The SMILES string of the molecule is CCCN(C[C@@H](C)N)c1nn2ccn(CC(=O)c3cccc(OC(C)C)c3)c(=O)c2c1Cc1ccccc1Cl. The Morgan fingerprint density at radius 1 is 1.13 bits per heavy atom. The van der Waals surface area contributed by atoms with Crippen molar-refractivity contribution in [2.75, 3.05) is 18.0 Å². The van der Waals surface area contributed by atoms with Gasteiger partial charge in [-0.25, -0.2) is 4.52 Å². The number of carbonyl (C=O) groups is 1. The standard InChI is InChI=1S/C30H36ClN5O3/c1-5-13-34(18-21(4)32)29-25(17-22-9-6-7-12-26(22)31)28-30(38)35(14-15-36(28)33-29)19-27(37)23-10-8-11-24(16-23)39-20(2)3/h6-12,14-16,20-21H,5,13,17-19,32H2,1-4H3/t21-/m1/s1. The maximum absolute atomic E-state index is 13.9. The van der Waals surface area contributed by atoms with Crippen LogP contribution in [0.15, 0.2) is 65.7 Å². The normalized spacial score (nSPS) is 12.2. The van der Waals surface area contributed by atoms with Gasteiger partial charge in [0, 0.05) is 54.1 Å². The van der Waals surface area contributed by atoms with Crippen LogP contribution in [0.5, 0.6) is 5.75 Å². The molecule has 0 fully saturated rings. The fraction of sp³-hybridized carbons (Fsp3) is 0.367. The number of aromatic nitrogens is 3. The highest BCUT2D eigenvalue weighted by Gasteiger charge is 2.23. The predicted molar refractivity (Wildman–Crippen MR) is 156 cm³/mol. The lowest BCUT2D eigenvalue weighted by Crippen LogP contribution is -2.37. The lowest BCUT2D eigenvalue weighted by Gasteiger charge is -2.25. The van der Waals surface area contributed by atoms with Gasteiger partial charge < -0.3 is 19.9 Å². The Bertz CT molecular complexity index is 1510. The van der Waals surface area contributed by atoms with E-state index in [-0.39, 0.29) is 30.0 Å². The van der Waals surface area contributed by atoms with Crippen LogP contribution in [-0.2, 0) is 13.0 Å². The van der Waals surface area contributed by atoms with Crippen LogP contribution in [0.4, 0.5) is 5.82 Å². The second-order valence-electron chi connectivity index (χ2n) is 10.1. The molecule has 2 aromatic heterocycles. The minimum Gasteiger partial charge on any atom is -0.491 e. The first kappa shape index (κ1) is 28.4. The molecule has 2 aromatic carbocycles. The zero-order valence-corrected chi connectivity index (χ0v) is 23.7. The minimum absolute atomic E-state index is 0.0116. The van der Waals surface area contributed by atoms with Crippen molar-refractivity contribution in [2.45, 2.75) is 59.2 Å². The largest absolute Gasteiger partial charge is 0.491 e. The Kier molecular flexibility index (Phi) is 9.09. The molecule has 9 heteroatoms. The molecule has 0 aliphatic rings. The first-order valence-corrected chi connectivity index (χ1v) is 13.7. The van der Waals surface area contributed by atoms with Gasteiger partial charge in [-0.15, -0.1) is 5.10 Å². The van der Waals surface area contributed by atoms with Crippen LogP contribution in [-0.4, -0.2) is 45.2 Å². The van der Waals surface area contributed by atoms with Crippen molar-refractivity contribution >= 4 is 28.7 Å². The van der Waals surface area contributed by atoms with Crippen molar-refractivity contribution in [2.24, 2.45) is 5.73 Å². The van der Waals surface area contributed by atoms with Crippen molar-refractivity contribution in [1.82, 2.24) is 14.2 Å². The summed E-state index contributed by atoms with van der Waals surface area (Å²) in [7, 11) is 0. The summed E-state index contributed by atoms with van der Waals surface area (Å²) in [6, 6.07) is 14.5. The molecule has 0 bridgehead atoms. The number of fused-ring (bicyclic) bond motifs is 1. The summed E-state index contributed by atoms with van der Waals surface area (Å²) in [4.78, 5) is 29.2. The van der Waals surface area contributed by atoms with Crippen LogP contribution in [0.2, 0.25) is 5.02 Å². The number of rotatable bonds is 12. The van der Waals surface area contributed by atoms with E-state index in [4.69, 9.17) is 27.2 Å². The van der Waals surface area contributed by atoms with Crippen LogP contribution in [0.25, 0.3) is 5.52 Å². The number of nitrogens with zero attached hydrogens (tertiary/aromatic N) is 4. The summed E-state index contributed by atoms with van der Waals surface area (Å²) in [6.45, 7) is 9.13. The van der Waals surface area contributed by atoms with Gasteiger partial charge in [-0.1, -0.05) is 48.9 Å². The Morgan fingerprint density at radius 2 is 1.90 bits per heavy atom. The Morgan fingerprint density at radius 3 is 2.59 bits per heavy atom. The van der Waals surface area contributed by atoms with Gasteiger partial charge in [-0.2, -0.15) is 0 Å². The molecule has 0 amide bonds. The zero-order valence-electron chi connectivity index (χ0n) is 22.9. The van der Waals surface area contributed by atoms with Crippen LogP contribution >= 0.6 is 11.6 Å². The molecule has 8 nitrogen and oxygen atoms in total.